The topological polar surface area (TPSA) is 46.2 Å². The van der Waals surface area contributed by atoms with Crippen molar-refractivity contribution in [2.75, 3.05) is 29.6 Å². The third-order valence-corrected chi connectivity index (χ3v) is 6.22. The molecule has 3 nitrogen and oxygen atoms in total. The number of thioether (sulfide) groups is 1. The zero-order chi connectivity index (χ0) is 10.7. The average Bonchev–Trinajstić information content (AvgIpc) is 2.69. The molecule has 2 saturated heterocycles. The van der Waals surface area contributed by atoms with Gasteiger partial charge in [-0.15, -0.1) is 0 Å². The van der Waals surface area contributed by atoms with Gasteiger partial charge in [-0.3, -0.25) is 0 Å². The number of nitrogens with one attached hydrogen (secondary N) is 1. The van der Waals surface area contributed by atoms with E-state index in [2.05, 4.69) is 5.32 Å². The second kappa shape index (κ2) is 5.06. The normalized spacial score (nSPS) is 31.9. The first-order valence-corrected chi connectivity index (χ1v) is 8.65. The second-order valence-electron chi connectivity index (χ2n) is 4.56. The Balaban J connectivity index is 1.68. The van der Waals surface area contributed by atoms with Crippen LogP contribution in [0.15, 0.2) is 0 Å². The van der Waals surface area contributed by atoms with Crippen LogP contribution in [0.3, 0.4) is 0 Å². The van der Waals surface area contributed by atoms with Crippen LogP contribution in [0.2, 0.25) is 0 Å². The number of hydrogen-bond donors (Lipinski definition) is 1. The minimum absolute atomic E-state index is 0.379. The first-order valence-electron chi connectivity index (χ1n) is 5.67. The lowest BCUT2D eigenvalue weighted by Crippen LogP contribution is -2.39. The lowest BCUT2D eigenvalue weighted by atomic mass is 10.1. The molecule has 1 N–H and O–H groups in total. The number of hydrogen-bond acceptors (Lipinski definition) is 4. The summed E-state index contributed by atoms with van der Waals surface area (Å²) < 4.78 is 22.5. The van der Waals surface area contributed by atoms with Crippen LogP contribution < -0.4 is 5.32 Å². The van der Waals surface area contributed by atoms with Crippen LogP contribution in [0.5, 0.6) is 0 Å². The van der Waals surface area contributed by atoms with Crippen LogP contribution in [0, 0.1) is 5.92 Å². The summed E-state index contributed by atoms with van der Waals surface area (Å²) in [6.45, 7) is 1.08. The van der Waals surface area contributed by atoms with Gasteiger partial charge >= 0.3 is 0 Å². The molecule has 1 unspecified atom stereocenters. The maximum absolute atomic E-state index is 11.2. The fourth-order valence-corrected chi connectivity index (χ4v) is 4.95. The van der Waals surface area contributed by atoms with E-state index in [4.69, 9.17) is 0 Å². The van der Waals surface area contributed by atoms with Gasteiger partial charge in [-0.25, -0.2) is 8.42 Å². The van der Waals surface area contributed by atoms with Crippen LogP contribution in [0.4, 0.5) is 0 Å². The van der Waals surface area contributed by atoms with E-state index < -0.39 is 9.84 Å². The average molecular weight is 249 g/mol. The van der Waals surface area contributed by atoms with Gasteiger partial charge in [0.25, 0.3) is 0 Å². The Labute approximate surface area is 96.3 Å². The molecule has 0 amide bonds. The van der Waals surface area contributed by atoms with Crippen molar-refractivity contribution in [3.63, 3.8) is 0 Å². The Kier molecular flexibility index (Phi) is 3.96. The van der Waals surface area contributed by atoms with Gasteiger partial charge in [0.2, 0.25) is 0 Å². The molecule has 2 rings (SSSR count). The highest BCUT2D eigenvalue weighted by atomic mass is 32.2. The number of rotatable bonds is 3. The fourth-order valence-electron chi connectivity index (χ4n) is 2.17. The van der Waals surface area contributed by atoms with Crippen molar-refractivity contribution in [3.05, 3.63) is 0 Å². The Hall–Kier alpha value is 0.260. The van der Waals surface area contributed by atoms with Crippen LogP contribution in [0.1, 0.15) is 19.3 Å². The summed E-state index contributed by atoms with van der Waals surface area (Å²) in [5.74, 6) is 4.14. The Morgan fingerprint density at radius 2 is 1.93 bits per heavy atom. The van der Waals surface area contributed by atoms with Crippen LogP contribution in [-0.2, 0) is 9.84 Å². The highest BCUT2D eigenvalue weighted by molar-refractivity contribution is 7.99. The van der Waals surface area contributed by atoms with Gasteiger partial charge in [-0.05, 0) is 43.2 Å². The van der Waals surface area contributed by atoms with Gasteiger partial charge in [0, 0.05) is 6.04 Å². The molecule has 2 heterocycles. The molecule has 0 radical (unpaired) electrons. The highest BCUT2D eigenvalue weighted by Crippen LogP contribution is 2.23. The van der Waals surface area contributed by atoms with Crippen molar-refractivity contribution in [3.8, 4) is 0 Å². The van der Waals surface area contributed by atoms with E-state index >= 15 is 0 Å². The van der Waals surface area contributed by atoms with Gasteiger partial charge in [0.1, 0.15) is 9.84 Å². The van der Waals surface area contributed by atoms with Crippen molar-refractivity contribution in [2.45, 2.75) is 25.3 Å². The lowest BCUT2D eigenvalue weighted by Gasteiger charge is -2.24. The molecule has 88 valence electrons. The summed E-state index contributed by atoms with van der Waals surface area (Å²) in [5.41, 5.74) is 0. The quantitative estimate of drug-likeness (QED) is 0.807. The molecule has 15 heavy (non-hydrogen) atoms. The molecular weight excluding hydrogens is 230 g/mol. The third-order valence-electron chi connectivity index (χ3n) is 3.27. The van der Waals surface area contributed by atoms with Crippen LogP contribution in [0.25, 0.3) is 0 Å². The SMILES string of the molecule is O=S1(=O)CCC(NCC2CCSC2)CC1. The van der Waals surface area contributed by atoms with E-state index in [1.807, 2.05) is 11.8 Å². The van der Waals surface area contributed by atoms with Crippen molar-refractivity contribution in [2.24, 2.45) is 5.92 Å². The summed E-state index contributed by atoms with van der Waals surface area (Å²) >= 11 is 2.03. The largest absolute Gasteiger partial charge is 0.314 e. The van der Waals surface area contributed by atoms with E-state index in [0.29, 0.717) is 17.5 Å². The van der Waals surface area contributed by atoms with E-state index in [-0.39, 0.29) is 0 Å². The van der Waals surface area contributed by atoms with E-state index in [1.54, 1.807) is 0 Å². The minimum Gasteiger partial charge on any atom is -0.314 e. The van der Waals surface area contributed by atoms with Crippen LogP contribution >= 0.6 is 11.8 Å². The molecule has 1 atom stereocenters. The van der Waals surface area contributed by atoms with Gasteiger partial charge < -0.3 is 5.32 Å². The van der Waals surface area contributed by atoms with Gasteiger partial charge in [-0.2, -0.15) is 11.8 Å². The summed E-state index contributed by atoms with van der Waals surface area (Å²) in [6, 6.07) is 0.444. The molecule has 0 aromatic carbocycles. The maximum atomic E-state index is 11.2. The molecule has 0 aromatic rings. The molecule has 0 bridgehead atoms. The Bertz CT molecular complexity index is 283. The molecule has 0 spiro atoms. The predicted octanol–water partition coefficient (Wildman–Crippen LogP) is 0.906. The fraction of sp³-hybridized carbons (Fsp3) is 1.00. The summed E-state index contributed by atoms with van der Waals surface area (Å²) in [6.07, 6.45) is 2.94. The van der Waals surface area contributed by atoms with Gasteiger partial charge in [0.15, 0.2) is 0 Å². The standard InChI is InChI=1S/C10H19NO2S2/c12-15(13)5-2-10(3-6-15)11-7-9-1-4-14-8-9/h9-11H,1-8H2. The van der Waals surface area contributed by atoms with Crippen LogP contribution in [-0.4, -0.2) is 44.0 Å². The molecule has 2 fully saturated rings. The summed E-state index contributed by atoms with van der Waals surface area (Å²) in [4.78, 5) is 0. The first kappa shape index (κ1) is 11.7. The summed E-state index contributed by atoms with van der Waals surface area (Å²) in [7, 11) is -2.70. The third kappa shape index (κ3) is 3.64. The van der Waals surface area contributed by atoms with Crippen molar-refractivity contribution < 1.29 is 8.42 Å². The molecule has 5 heteroatoms. The zero-order valence-electron chi connectivity index (χ0n) is 8.94. The zero-order valence-corrected chi connectivity index (χ0v) is 10.6. The van der Waals surface area contributed by atoms with E-state index in [9.17, 15) is 8.42 Å². The lowest BCUT2D eigenvalue weighted by molar-refractivity contribution is 0.422. The minimum atomic E-state index is -2.70. The molecule has 2 aliphatic rings. The number of sulfone groups is 1. The summed E-state index contributed by atoms with van der Waals surface area (Å²) in [5, 5.41) is 3.52. The molecule has 0 aliphatic carbocycles. The Morgan fingerprint density at radius 3 is 2.53 bits per heavy atom. The first-order chi connectivity index (χ1) is 7.16. The molecule has 0 aromatic heterocycles. The molecule has 0 saturated carbocycles. The predicted molar refractivity (Wildman–Crippen MR) is 65.1 cm³/mol. The maximum Gasteiger partial charge on any atom is 0.150 e. The Morgan fingerprint density at radius 1 is 1.20 bits per heavy atom. The van der Waals surface area contributed by atoms with Crippen molar-refractivity contribution in [1.82, 2.24) is 5.32 Å². The van der Waals surface area contributed by atoms with E-state index in [1.165, 1.54) is 17.9 Å². The van der Waals surface area contributed by atoms with Gasteiger partial charge in [-0.1, -0.05) is 0 Å². The van der Waals surface area contributed by atoms with E-state index in [0.717, 1.165) is 25.3 Å². The molecular formula is C10H19NO2S2. The van der Waals surface area contributed by atoms with Gasteiger partial charge in [0.05, 0.1) is 11.5 Å². The molecule has 2 aliphatic heterocycles. The smallest absolute Gasteiger partial charge is 0.150 e. The second-order valence-corrected chi connectivity index (χ2v) is 8.02. The van der Waals surface area contributed by atoms with Crippen molar-refractivity contribution >= 4 is 21.6 Å². The highest BCUT2D eigenvalue weighted by Gasteiger charge is 2.24. The van der Waals surface area contributed by atoms with Crippen molar-refractivity contribution in [1.29, 1.82) is 0 Å². The monoisotopic (exact) mass is 249 g/mol.